The second kappa shape index (κ2) is 3.90. The molecule has 0 atom stereocenters. The Morgan fingerprint density at radius 1 is 1.53 bits per heavy atom. The molecule has 1 aliphatic rings. The van der Waals surface area contributed by atoms with Gasteiger partial charge in [0.2, 0.25) is 0 Å². The maximum absolute atomic E-state index is 10.8. The molecular formula is C11H13NO3. The number of nitrogens with zero attached hydrogens (tertiary/aromatic N) is 1. The average molecular weight is 207 g/mol. The molecule has 0 unspecified atom stereocenters. The summed E-state index contributed by atoms with van der Waals surface area (Å²) < 4.78 is 5.08. The molecule has 0 saturated carbocycles. The highest BCUT2D eigenvalue weighted by molar-refractivity contribution is 5.66. The molecule has 0 saturated heterocycles. The summed E-state index contributed by atoms with van der Waals surface area (Å²) in [5.74, 6) is 0. The van der Waals surface area contributed by atoms with E-state index in [2.05, 4.69) is 0 Å². The predicted octanol–water partition coefficient (Wildman–Crippen LogP) is 1.83. The van der Waals surface area contributed by atoms with Crippen LogP contribution in [0.4, 0.5) is 4.79 Å². The number of amides is 1. The third-order valence-electron chi connectivity index (χ3n) is 2.65. The first-order valence-electron chi connectivity index (χ1n) is 4.79. The normalized spacial score (nSPS) is 14.1. The highest BCUT2D eigenvalue weighted by atomic mass is 16.5. The minimum absolute atomic E-state index is 0.476. The number of rotatable bonds is 2. The van der Waals surface area contributed by atoms with Gasteiger partial charge in [-0.15, -0.1) is 0 Å². The topological polar surface area (TPSA) is 49.8 Å². The van der Waals surface area contributed by atoms with Gasteiger partial charge in [-0.3, -0.25) is 4.90 Å². The van der Waals surface area contributed by atoms with E-state index in [0.29, 0.717) is 19.7 Å². The first-order valence-corrected chi connectivity index (χ1v) is 4.79. The Hall–Kier alpha value is -1.55. The molecule has 4 nitrogen and oxygen atoms in total. The van der Waals surface area contributed by atoms with Crippen molar-refractivity contribution in [2.24, 2.45) is 0 Å². The van der Waals surface area contributed by atoms with E-state index in [1.165, 1.54) is 4.90 Å². The summed E-state index contributed by atoms with van der Waals surface area (Å²) in [4.78, 5) is 12.2. The zero-order valence-corrected chi connectivity index (χ0v) is 8.56. The Balaban J connectivity index is 2.28. The third kappa shape index (κ3) is 1.80. The molecular weight excluding hydrogens is 194 g/mol. The zero-order valence-electron chi connectivity index (χ0n) is 8.56. The van der Waals surface area contributed by atoms with E-state index in [1.54, 1.807) is 7.11 Å². The Morgan fingerprint density at radius 2 is 2.33 bits per heavy atom. The standard InChI is InChI=1S/C11H13NO3/c1-15-7-9-4-2-3-8-5-12(11(13)14)6-10(8)9/h2-4H,5-7H2,1H3,(H,13,14). The Bertz CT molecular complexity index is 389. The molecule has 1 aliphatic heterocycles. The monoisotopic (exact) mass is 207 g/mol. The van der Waals surface area contributed by atoms with E-state index < -0.39 is 6.09 Å². The second-order valence-corrected chi connectivity index (χ2v) is 3.63. The molecule has 0 aromatic heterocycles. The number of hydrogen-bond donors (Lipinski definition) is 1. The fourth-order valence-corrected chi connectivity index (χ4v) is 1.92. The van der Waals surface area contributed by atoms with Crippen LogP contribution in [-0.2, 0) is 24.4 Å². The number of methoxy groups -OCH3 is 1. The molecule has 0 radical (unpaired) electrons. The van der Waals surface area contributed by atoms with Gasteiger partial charge in [0.25, 0.3) is 0 Å². The fourth-order valence-electron chi connectivity index (χ4n) is 1.92. The lowest BCUT2D eigenvalue weighted by Gasteiger charge is -2.09. The van der Waals surface area contributed by atoms with Crippen molar-refractivity contribution in [2.75, 3.05) is 7.11 Å². The molecule has 0 fully saturated rings. The number of carbonyl (C=O) groups is 1. The van der Waals surface area contributed by atoms with Crippen molar-refractivity contribution in [3.05, 3.63) is 34.9 Å². The van der Waals surface area contributed by atoms with Gasteiger partial charge in [0.05, 0.1) is 13.2 Å². The minimum atomic E-state index is -0.866. The van der Waals surface area contributed by atoms with Gasteiger partial charge in [0, 0.05) is 13.7 Å². The van der Waals surface area contributed by atoms with Crippen molar-refractivity contribution in [1.29, 1.82) is 0 Å². The van der Waals surface area contributed by atoms with Gasteiger partial charge in [-0.25, -0.2) is 4.79 Å². The number of ether oxygens (including phenoxy) is 1. The SMILES string of the molecule is COCc1cccc2c1CN(C(=O)O)C2. The maximum atomic E-state index is 10.8. The van der Waals surface area contributed by atoms with Crippen LogP contribution in [0.2, 0.25) is 0 Å². The van der Waals surface area contributed by atoms with E-state index in [4.69, 9.17) is 9.84 Å². The van der Waals surface area contributed by atoms with E-state index in [1.807, 2.05) is 18.2 Å². The van der Waals surface area contributed by atoms with Crippen molar-refractivity contribution >= 4 is 6.09 Å². The highest BCUT2D eigenvalue weighted by Gasteiger charge is 2.24. The molecule has 1 heterocycles. The molecule has 4 heteroatoms. The zero-order chi connectivity index (χ0) is 10.8. The molecule has 1 aromatic carbocycles. The number of hydrogen-bond acceptors (Lipinski definition) is 2. The van der Waals surface area contributed by atoms with Crippen molar-refractivity contribution in [3.63, 3.8) is 0 Å². The Labute approximate surface area is 88.1 Å². The number of carboxylic acid groups (broad SMARTS) is 1. The largest absolute Gasteiger partial charge is 0.465 e. The van der Waals surface area contributed by atoms with Crippen molar-refractivity contribution in [3.8, 4) is 0 Å². The lowest BCUT2D eigenvalue weighted by molar-refractivity contribution is 0.144. The fraction of sp³-hybridized carbons (Fsp3) is 0.364. The van der Waals surface area contributed by atoms with Crippen LogP contribution in [0.3, 0.4) is 0 Å². The van der Waals surface area contributed by atoms with E-state index >= 15 is 0 Å². The van der Waals surface area contributed by atoms with E-state index in [0.717, 1.165) is 16.7 Å². The Kier molecular flexibility index (Phi) is 2.60. The first kappa shape index (κ1) is 9.98. The van der Waals surface area contributed by atoms with Crippen LogP contribution < -0.4 is 0 Å². The summed E-state index contributed by atoms with van der Waals surface area (Å²) in [6, 6.07) is 5.89. The Morgan fingerprint density at radius 3 is 3.00 bits per heavy atom. The molecule has 0 bridgehead atoms. The molecule has 0 spiro atoms. The number of fused-ring (bicyclic) bond motifs is 1. The summed E-state index contributed by atoms with van der Waals surface area (Å²) in [6.07, 6.45) is -0.866. The third-order valence-corrected chi connectivity index (χ3v) is 2.65. The van der Waals surface area contributed by atoms with Crippen LogP contribution in [0.1, 0.15) is 16.7 Å². The van der Waals surface area contributed by atoms with Crippen LogP contribution >= 0.6 is 0 Å². The molecule has 0 aliphatic carbocycles. The van der Waals surface area contributed by atoms with Gasteiger partial charge < -0.3 is 9.84 Å². The summed E-state index contributed by atoms with van der Waals surface area (Å²) >= 11 is 0. The second-order valence-electron chi connectivity index (χ2n) is 3.63. The molecule has 1 aromatic rings. The van der Waals surface area contributed by atoms with Gasteiger partial charge in [-0.1, -0.05) is 18.2 Å². The van der Waals surface area contributed by atoms with Gasteiger partial charge in [0.1, 0.15) is 0 Å². The highest BCUT2D eigenvalue weighted by Crippen LogP contribution is 2.26. The van der Waals surface area contributed by atoms with Gasteiger partial charge >= 0.3 is 6.09 Å². The lowest BCUT2D eigenvalue weighted by atomic mass is 10.0. The van der Waals surface area contributed by atoms with Crippen LogP contribution in [0.5, 0.6) is 0 Å². The lowest BCUT2D eigenvalue weighted by Crippen LogP contribution is -2.22. The molecule has 2 rings (SSSR count). The summed E-state index contributed by atoms with van der Waals surface area (Å²) in [5.41, 5.74) is 3.27. The quantitative estimate of drug-likeness (QED) is 0.804. The van der Waals surface area contributed by atoms with Gasteiger partial charge in [-0.2, -0.15) is 0 Å². The summed E-state index contributed by atoms with van der Waals surface area (Å²) in [6.45, 7) is 1.50. The van der Waals surface area contributed by atoms with Crippen molar-refractivity contribution < 1.29 is 14.6 Å². The molecule has 15 heavy (non-hydrogen) atoms. The van der Waals surface area contributed by atoms with Crippen LogP contribution in [0.15, 0.2) is 18.2 Å². The van der Waals surface area contributed by atoms with E-state index in [-0.39, 0.29) is 0 Å². The smallest absolute Gasteiger partial charge is 0.407 e. The summed E-state index contributed by atoms with van der Waals surface area (Å²) in [7, 11) is 1.64. The van der Waals surface area contributed by atoms with Gasteiger partial charge in [0.15, 0.2) is 0 Å². The predicted molar refractivity (Wildman–Crippen MR) is 54.4 cm³/mol. The van der Waals surface area contributed by atoms with E-state index in [9.17, 15) is 4.79 Å². The molecule has 1 N–H and O–H groups in total. The van der Waals surface area contributed by atoms with Gasteiger partial charge in [-0.05, 0) is 16.7 Å². The van der Waals surface area contributed by atoms with Crippen LogP contribution in [0.25, 0.3) is 0 Å². The maximum Gasteiger partial charge on any atom is 0.407 e. The first-order chi connectivity index (χ1) is 7.22. The average Bonchev–Trinajstić information content (AvgIpc) is 2.63. The summed E-state index contributed by atoms with van der Waals surface area (Å²) in [5, 5.41) is 8.90. The minimum Gasteiger partial charge on any atom is -0.465 e. The van der Waals surface area contributed by atoms with Crippen molar-refractivity contribution in [2.45, 2.75) is 19.7 Å². The number of benzene rings is 1. The van der Waals surface area contributed by atoms with Crippen molar-refractivity contribution in [1.82, 2.24) is 4.90 Å². The molecule has 80 valence electrons. The van der Waals surface area contributed by atoms with Crippen LogP contribution in [0, 0.1) is 0 Å². The molecule has 1 amide bonds. The van der Waals surface area contributed by atoms with Crippen LogP contribution in [-0.4, -0.2) is 23.2 Å².